The van der Waals surface area contributed by atoms with E-state index in [1.807, 2.05) is 6.07 Å². The predicted molar refractivity (Wildman–Crippen MR) is 45.3 cm³/mol. The van der Waals surface area contributed by atoms with E-state index in [0.717, 1.165) is 5.39 Å². The molecule has 0 saturated heterocycles. The second-order valence-corrected chi connectivity index (χ2v) is 2.52. The lowest BCUT2D eigenvalue weighted by atomic mass is 10.1. The molecule has 3 heteroatoms. The number of hydrogen-bond acceptors (Lipinski definition) is 3. The first-order chi connectivity index (χ1) is 5.81. The Bertz CT molecular complexity index is 465. The summed E-state index contributed by atoms with van der Waals surface area (Å²) in [7, 11) is 0. The van der Waals surface area contributed by atoms with Gasteiger partial charge >= 0.3 is 0 Å². The maximum Gasteiger partial charge on any atom is 0.156 e. The average Bonchev–Trinajstić information content (AvgIpc) is 2.52. The van der Waals surface area contributed by atoms with E-state index in [0.29, 0.717) is 16.8 Å². The van der Waals surface area contributed by atoms with Crippen LogP contribution in [0.25, 0.3) is 11.0 Å². The van der Waals surface area contributed by atoms with Crippen molar-refractivity contribution in [3.8, 4) is 6.07 Å². The fourth-order valence-corrected chi connectivity index (χ4v) is 1.17. The molecule has 0 spiro atoms. The Hall–Kier alpha value is -1.95. The van der Waals surface area contributed by atoms with Gasteiger partial charge in [-0.3, -0.25) is 0 Å². The van der Waals surface area contributed by atoms with Crippen molar-refractivity contribution >= 4 is 16.7 Å². The molecule has 2 rings (SSSR count). The molecule has 0 aliphatic carbocycles. The molecular weight excluding hydrogens is 152 g/mol. The molecule has 12 heavy (non-hydrogen) atoms. The van der Waals surface area contributed by atoms with Crippen LogP contribution in [0.3, 0.4) is 0 Å². The van der Waals surface area contributed by atoms with Crippen molar-refractivity contribution in [2.45, 2.75) is 0 Å². The molecule has 2 aromatic rings. The van der Waals surface area contributed by atoms with Gasteiger partial charge in [-0.1, -0.05) is 0 Å². The molecule has 0 aliphatic rings. The molecule has 0 fully saturated rings. The molecule has 2 N–H and O–H groups in total. The normalized spacial score (nSPS) is 9.92. The van der Waals surface area contributed by atoms with Gasteiger partial charge in [-0.2, -0.15) is 5.26 Å². The Morgan fingerprint density at radius 3 is 3.00 bits per heavy atom. The van der Waals surface area contributed by atoms with Gasteiger partial charge in [0.1, 0.15) is 0 Å². The molecule has 1 heterocycles. The standard InChI is InChI=1S/C9H6N2O/c10-5-6-3-7-1-2-12-9(7)8(11)4-6/h1-4H,11H2. The fraction of sp³-hybridized carbons (Fsp3) is 0. The summed E-state index contributed by atoms with van der Waals surface area (Å²) in [5, 5.41) is 9.49. The highest BCUT2D eigenvalue weighted by atomic mass is 16.3. The van der Waals surface area contributed by atoms with Crippen LogP contribution in [0, 0.1) is 11.3 Å². The fourth-order valence-electron chi connectivity index (χ4n) is 1.17. The van der Waals surface area contributed by atoms with E-state index in [1.54, 1.807) is 24.5 Å². The zero-order valence-corrected chi connectivity index (χ0v) is 6.24. The number of furan rings is 1. The smallest absolute Gasteiger partial charge is 0.156 e. The molecule has 0 atom stereocenters. The quantitative estimate of drug-likeness (QED) is 0.595. The van der Waals surface area contributed by atoms with Crippen LogP contribution in [0.1, 0.15) is 5.56 Å². The first-order valence-electron chi connectivity index (χ1n) is 3.48. The minimum Gasteiger partial charge on any atom is -0.462 e. The monoisotopic (exact) mass is 158 g/mol. The zero-order chi connectivity index (χ0) is 8.55. The van der Waals surface area contributed by atoms with Gasteiger partial charge in [-0.05, 0) is 18.2 Å². The summed E-state index contributed by atoms with van der Waals surface area (Å²) in [5.74, 6) is 0. The summed E-state index contributed by atoms with van der Waals surface area (Å²) in [6.07, 6.45) is 1.56. The largest absolute Gasteiger partial charge is 0.462 e. The Kier molecular flexibility index (Phi) is 1.28. The van der Waals surface area contributed by atoms with Crippen LogP contribution in [0.2, 0.25) is 0 Å². The number of anilines is 1. The SMILES string of the molecule is N#Cc1cc(N)c2occc2c1. The summed E-state index contributed by atoms with van der Waals surface area (Å²) in [6.45, 7) is 0. The molecule has 0 aliphatic heterocycles. The van der Waals surface area contributed by atoms with Crippen LogP contribution in [0.5, 0.6) is 0 Å². The van der Waals surface area contributed by atoms with Crippen LogP contribution in [-0.2, 0) is 0 Å². The van der Waals surface area contributed by atoms with Crippen LogP contribution in [0.15, 0.2) is 28.9 Å². The Labute approximate surface area is 69.0 Å². The van der Waals surface area contributed by atoms with E-state index < -0.39 is 0 Å². The molecule has 0 amide bonds. The van der Waals surface area contributed by atoms with Crippen molar-refractivity contribution in [1.29, 1.82) is 5.26 Å². The average molecular weight is 158 g/mol. The van der Waals surface area contributed by atoms with E-state index in [4.69, 9.17) is 15.4 Å². The van der Waals surface area contributed by atoms with Crippen LogP contribution in [0.4, 0.5) is 5.69 Å². The second-order valence-electron chi connectivity index (χ2n) is 2.52. The summed E-state index contributed by atoms with van der Waals surface area (Å²) < 4.78 is 5.11. The van der Waals surface area contributed by atoms with Crippen LogP contribution >= 0.6 is 0 Å². The number of nitrogens with two attached hydrogens (primary N) is 1. The van der Waals surface area contributed by atoms with Gasteiger partial charge in [-0.25, -0.2) is 0 Å². The lowest BCUT2D eigenvalue weighted by Crippen LogP contribution is -1.86. The van der Waals surface area contributed by atoms with E-state index in [1.165, 1.54) is 0 Å². The third-order valence-corrected chi connectivity index (χ3v) is 1.71. The summed E-state index contributed by atoms with van der Waals surface area (Å²) >= 11 is 0. The number of rotatable bonds is 0. The number of nitrogens with zero attached hydrogens (tertiary/aromatic N) is 1. The molecular formula is C9H6N2O. The lowest BCUT2D eigenvalue weighted by molar-refractivity contribution is 0.617. The molecule has 0 radical (unpaired) electrons. The van der Waals surface area contributed by atoms with Gasteiger partial charge < -0.3 is 10.2 Å². The Morgan fingerprint density at radius 1 is 1.42 bits per heavy atom. The van der Waals surface area contributed by atoms with Crippen molar-refractivity contribution in [3.63, 3.8) is 0 Å². The summed E-state index contributed by atoms with van der Waals surface area (Å²) in [5.41, 5.74) is 7.34. The van der Waals surface area contributed by atoms with Crippen molar-refractivity contribution in [2.24, 2.45) is 0 Å². The minimum atomic E-state index is 0.508. The Morgan fingerprint density at radius 2 is 2.25 bits per heavy atom. The molecule has 0 bridgehead atoms. The Balaban J connectivity index is 2.86. The van der Waals surface area contributed by atoms with E-state index >= 15 is 0 Å². The first-order valence-corrected chi connectivity index (χ1v) is 3.48. The van der Waals surface area contributed by atoms with Gasteiger partial charge in [0.15, 0.2) is 5.58 Å². The third kappa shape index (κ3) is 0.823. The van der Waals surface area contributed by atoms with E-state index in [-0.39, 0.29) is 0 Å². The first kappa shape index (κ1) is 6.74. The lowest BCUT2D eigenvalue weighted by Gasteiger charge is -1.94. The molecule has 3 nitrogen and oxygen atoms in total. The number of fused-ring (bicyclic) bond motifs is 1. The zero-order valence-electron chi connectivity index (χ0n) is 6.24. The second kappa shape index (κ2) is 2.28. The van der Waals surface area contributed by atoms with E-state index in [9.17, 15) is 0 Å². The minimum absolute atomic E-state index is 0.508. The summed E-state index contributed by atoms with van der Waals surface area (Å²) in [6, 6.07) is 7.16. The van der Waals surface area contributed by atoms with Crippen molar-refractivity contribution in [1.82, 2.24) is 0 Å². The molecule has 0 unspecified atom stereocenters. The molecule has 1 aromatic heterocycles. The third-order valence-electron chi connectivity index (χ3n) is 1.71. The van der Waals surface area contributed by atoms with Gasteiger partial charge in [0.25, 0.3) is 0 Å². The van der Waals surface area contributed by atoms with Crippen molar-refractivity contribution in [2.75, 3.05) is 5.73 Å². The van der Waals surface area contributed by atoms with Crippen LogP contribution < -0.4 is 5.73 Å². The van der Waals surface area contributed by atoms with Gasteiger partial charge in [-0.15, -0.1) is 0 Å². The van der Waals surface area contributed by atoms with E-state index in [2.05, 4.69) is 0 Å². The topological polar surface area (TPSA) is 63.0 Å². The molecule has 0 saturated carbocycles. The number of benzene rings is 1. The highest BCUT2D eigenvalue weighted by molar-refractivity contribution is 5.89. The van der Waals surface area contributed by atoms with Crippen LogP contribution in [-0.4, -0.2) is 0 Å². The number of hydrogen-bond donors (Lipinski definition) is 1. The van der Waals surface area contributed by atoms with Gasteiger partial charge in [0, 0.05) is 5.39 Å². The molecule has 58 valence electrons. The maximum atomic E-state index is 8.62. The van der Waals surface area contributed by atoms with Crippen molar-refractivity contribution < 1.29 is 4.42 Å². The predicted octanol–water partition coefficient (Wildman–Crippen LogP) is 1.89. The summed E-state index contributed by atoms with van der Waals surface area (Å²) in [4.78, 5) is 0. The van der Waals surface area contributed by atoms with Gasteiger partial charge in [0.05, 0.1) is 23.6 Å². The highest BCUT2D eigenvalue weighted by Gasteiger charge is 2.02. The van der Waals surface area contributed by atoms with Crippen molar-refractivity contribution in [3.05, 3.63) is 30.0 Å². The number of nitriles is 1. The van der Waals surface area contributed by atoms with Gasteiger partial charge in [0.2, 0.25) is 0 Å². The number of nitrogen functional groups attached to an aromatic ring is 1. The maximum absolute atomic E-state index is 8.62. The highest BCUT2D eigenvalue weighted by Crippen LogP contribution is 2.23. The molecule has 1 aromatic carbocycles.